The number of ether oxygens (including phenoxy) is 1. The van der Waals surface area contributed by atoms with Crippen molar-refractivity contribution in [1.29, 1.82) is 0 Å². The predicted octanol–water partition coefficient (Wildman–Crippen LogP) is 4.55. The zero-order valence-corrected chi connectivity index (χ0v) is 13.5. The third-order valence-electron chi connectivity index (χ3n) is 3.95. The van der Waals surface area contributed by atoms with E-state index in [0.717, 1.165) is 21.7 Å². The number of nitrogens with one attached hydrogen (secondary N) is 1. The molecule has 0 amide bonds. The van der Waals surface area contributed by atoms with Crippen LogP contribution in [0.15, 0.2) is 71.8 Å². The van der Waals surface area contributed by atoms with Crippen molar-refractivity contribution in [2.75, 3.05) is 7.11 Å². The van der Waals surface area contributed by atoms with Crippen LogP contribution in [0.1, 0.15) is 16.5 Å². The Kier molecular flexibility index (Phi) is 3.67. The number of benzene rings is 3. The van der Waals surface area contributed by atoms with Crippen molar-refractivity contribution >= 4 is 27.6 Å². The van der Waals surface area contributed by atoms with Crippen molar-refractivity contribution in [2.45, 2.75) is 5.37 Å². The molecular formula is C19H16N2OS. The average Bonchev–Trinajstić information content (AvgIpc) is 3.11. The zero-order chi connectivity index (χ0) is 15.6. The summed E-state index contributed by atoms with van der Waals surface area (Å²) in [4.78, 5) is 0. The maximum Gasteiger partial charge on any atom is 0.126 e. The van der Waals surface area contributed by atoms with Crippen molar-refractivity contribution < 1.29 is 4.74 Å². The highest BCUT2D eigenvalue weighted by molar-refractivity contribution is 8.14. The molecule has 0 radical (unpaired) electrons. The van der Waals surface area contributed by atoms with E-state index in [9.17, 15) is 0 Å². The van der Waals surface area contributed by atoms with Crippen LogP contribution in [0.3, 0.4) is 0 Å². The zero-order valence-electron chi connectivity index (χ0n) is 12.7. The summed E-state index contributed by atoms with van der Waals surface area (Å²) in [5.74, 6) is 0.900. The van der Waals surface area contributed by atoms with Gasteiger partial charge in [0.05, 0.1) is 7.11 Å². The molecule has 1 heterocycles. The normalized spacial score (nSPS) is 16.9. The van der Waals surface area contributed by atoms with E-state index in [4.69, 9.17) is 4.74 Å². The van der Waals surface area contributed by atoms with E-state index in [1.54, 1.807) is 18.9 Å². The van der Waals surface area contributed by atoms with Crippen molar-refractivity contribution in [3.63, 3.8) is 0 Å². The molecule has 1 atom stereocenters. The van der Waals surface area contributed by atoms with E-state index in [0.29, 0.717) is 0 Å². The number of hydrazone groups is 1. The lowest BCUT2D eigenvalue weighted by atomic mass is 10.0. The summed E-state index contributed by atoms with van der Waals surface area (Å²) < 4.78 is 5.48. The summed E-state index contributed by atoms with van der Waals surface area (Å²) in [6.45, 7) is 0. The summed E-state index contributed by atoms with van der Waals surface area (Å²) >= 11 is 1.74. The topological polar surface area (TPSA) is 33.6 Å². The Morgan fingerprint density at radius 1 is 0.913 bits per heavy atom. The molecule has 3 aromatic carbocycles. The first kappa shape index (κ1) is 14.2. The molecule has 0 bridgehead atoms. The largest absolute Gasteiger partial charge is 0.496 e. The monoisotopic (exact) mass is 320 g/mol. The Labute approximate surface area is 139 Å². The molecule has 1 aliphatic rings. The smallest absolute Gasteiger partial charge is 0.126 e. The third-order valence-corrected chi connectivity index (χ3v) is 5.10. The minimum absolute atomic E-state index is 0.112. The summed E-state index contributed by atoms with van der Waals surface area (Å²) in [5.41, 5.74) is 5.63. The second-order valence-electron chi connectivity index (χ2n) is 5.31. The number of methoxy groups -OCH3 is 1. The van der Waals surface area contributed by atoms with E-state index >= 15 is 0 Å². The maximum atomic E-state index is 5.48. The Morgan fingerprint density at radius 2 is 1.65 bits per heavy atom. The number of thioether (sulfide) groups is 1. The van der Waals surface area contributed by atoms with Crippen LogP contribution in [0, 0.1) is 0 Å². The van der Waals surface area contributed by atoms with E-state index < -0.39 is 0 Å². The Hall–Kier alpha value is -2.46. The first-order valence-electron chi connectivity index (χ1n) is 7.48. The Bertz CT molecular complexity index is 877. The molecule has 4 rings (SSSR count). The number of nitrogens with zero attached hydrogens (tertiary/aromatic N) is 1. The number of hydrogen-bond donors (Lipinski definition) is 1. The van der Waals surface area contributed by atoms with Crippen molar-refractivity contribution in [3.05, 3.63) is 77.9 Å². The van der Waals surface area contributed by atoms with Crippen LogP contribution in [0.2, 0.25) is 0 Å². The Morgan fingerprint density at radius 3 is 2.43 bits per heavy atom. The third kappa shape index (κ3) is 2.55. The molecule has 0 saturated carbocycles. The molecule has 0 spiro atoms. The van der Waals surface area contributed by atoms with Gasteiger partial charge in [0.25, 0.3) is 0 Å². The van der Waals surface area contributed by atoms with Gasteiger partial charge < -0.3 is 4.74 Å². The van der Waals surface area contributed by atoms with Crippen LogP contribution in [0.4, 0.5) is 0 Å². The molecule has 4 heteroatoms. The Balaban J connectivity index is 1.70. The predicted molar refractivity (Wildman–Crippen MR) is 96.9 cm³/mol. The first-order chi connectivity index (χ1) is 11.4. The van der Waals surface area contributed by atoms with Crippen LogP contribution in [0.5, 0.6) is 5.75 Å². The van der Waals surface area contributed by atoms with Crippen LogP contribution >= 0.6 is 11.8 Å². The minimum atomic E-state index is 0.112. The van der Waals surface area contributed by atoms with Crippen LogP contribution in [-0.4, -0.2) is 12.2 Å². The lowest BCUT2D eigenvalue weighted by molar-refractivity contribution is 0.419. The van der Waals surface area contributed by atoms with Gasteiger partial charge in [-0.2, -0.15) is 5.10 Å². The molecule has 0 aromatic heterocycles. The first-order valence-corrected chi connectivity index (χ1v) is 8.36. The van der Waals surface area contributed by atoms with Gasteiger partial charge in [0, 0.05) is 10.9 Å². The SMILES string of the molecule is COc1ccc(C2NN=C(c3ccccc3)S2)c2ccccc12. The summed E-state index contributed by atoms with van der Waals surface area (Å²) in [5, 5.41) is 7.97. The minimum Gasteiger partial charge on any atom is -0.496 e. The highest BCUT2D eigenvalue weighted by Gasteiger charge is 2.24. The molecule has 0 fully saturated rings. The number of fused-ring (bicyclic) bond motifs is 1. The average molecular weight is 320 g/mol. The van der Waals surface area contributed by atoms with Crippen molar-refractivity contribution in [2.24, 2.45) is 5.10 Å². The van der Waals surface area contributed by atoms with E-state index in [-0.39, 0.29) is 5.37 Å². The number of hydrogen-bond acceptors (Lipinski definition) is 4. The van der Waals surface area contributed by atoms with E-state index in [2.05, 4.69) is 46.9 Å². The van der Waals surface area contributed by atoms with Gasteiger partial charge in [-0.25, -0.2) is 0 Å². The fourth-order valence-corrected chi connectivity index (χ4v) is 3.87. The highest BCUT2D eigenvalue weighted by atomic mass is 32.2. The second-order valence-corrected chi connectivity index (χ2v) is 6.41. The van der Waals surface area contributed by atoms with Crippen molar-refractivity contribution in [1.82, 2.24) is 5.43 Å². The molecule has 0 aliphatic carbocycles. The molecule has 0 saturated heterocycles. The van der Waals surface area contributed by atoms with Gasteiger partial charge in [-0.05, 0) is 17.0 Å². The van der Waals surface area contributed by atoms with Gasteiger partial charge >= 0.3 is 0 Å². The van der Waals surface area contributed by atoms with E-state index in [1.807, 2.05) is 30.3 Å². The molecule has 1 unspecified atom stereocenters. The second kappa shape index (κ2) is 5.97. The quantitative estimate of drug-likeness (QED) is 0.769. The summed E-state index contributed by atoms with van der Waals surface area (Å²) in [7, 11) is 1.71. The fraction of sp³-hybridized carbons (Fsp3) is 0.105. The molecule has 114 valence electrons. The van der Waals surface area contributed by atoms with Crippen LogP contribution in [0.25, 0.3) is 10.8 Å². The van der Waals surface area contributed by atoms with Crippen LogP contribution < -0.4 is 10.2 Å². The lowest BCUT2D eigenvalue weighted by Crippen LogP contribution is -2.07. The standard InChI is InChI=1S/C19H16N2OS/c1-22-17-12-11-16(14-9-5-6-10-15(14)17)19-21-20-18(23-19)13-7-3-2-4-8-13/h2-12,19,21H,1H3. The molecule has 1 N–H and O–H groups in total. The fourth-order valence-electron chi connectivity index (χ4n) is 2.83. The lowest BCUT2D eigenvalue weighted by Gasteiger charge is -2.15. The van der Waals surface area contributed by atoms with Crippen molar-refractivity contribution in [3.8, 4) is 5.75 Å². The van der Waals surface area contributed by atoms with E-state index in [1.165, 1.54) is 10.9 Å². The maximum absolute atomic E-state index is 5.48. The van der Waals surface area contributed by atoms with Gasteiger partial charge in [0.1, 0.15) is 16.2 Å². The van der Waals surface area contributed by atoms with Gasteiger partial charge in [-0.15, -0.1) is 0 Å². The number of rotatable bonds is 3. The molecule has 23 heavy (non-hydrogen) atoms. The summed E-state index contributed by atoms with van der Waals surface area (Å²) in [6, 6.07) is 22.7. The van der Waals surface area contributed by atoms with Crippen LogP contribution in [-0.2, 0) is 0 Å². The molecule has 3 aromatic rings. The van der Waals surface area contributed by atoms with Gasteiger partial charge in [0.2, 0.25) is 0 Å². The van der Waals surface area contributed by atoms with Gasteiger partial charge in [0.15, 0.2) is 0 Å². The molecule has 1 aliphatic heterocycles. The van der Waals surface area contributed by atoms with Gasteiger partial charge in [-0.1, -0.05) is 72.4 Å². The summed E-state index contributed by atoms with van der Waals surface area (Å²) in [6.07, 6.45) is 0. The highest BCUT2D eigenvalue weighted by Crippen LogP contribution is 2.39. The molecule has 3 nitrogen and oxygen atoms in total. The molecular weight excluding hydrogens is 304 g/mol. The van der Waals surface area contributed by atoms with Gasteiger partial charge in [-0.3, -0.25) is 5.43 Å².